The van der Waals surface area contributed by atoms with E-state index in [1.54, 1.807) is 0 Å². The maximum atomic E-state index is 12.6. The maximum absolute atomic E-state index is 12.6. The van der Waals surface area contributed by atoms with Crippen LogP contribution in [0.1, 0.15) is 41.1 Å². The summed E-state index contributed by atoms with van der Waals surface area (Å²) in [7, 11) is 0. The second-order valence-corrected chi connectivity index (χ2v) is 5.34. The Balaban J connectivity index is 2.31. The molecule has 4 nitrogen and oxygen atoms in total. The third kappa shape index (κ3) is 3.58. The molecule has 21 heavy (non-hydrogen) atoms. The zero-order valence-corrected chi connectivity index (χ0v) is 12.1. The molecule has 1 unspecified atom stereocenters. The molecule has 0 fully saturated rings. The van der Waals surface area contributed by atoms with Gasteiger partial charge in [0.15, 0.2) is 0 Å². The molecule has 0 radical (unpaired) electrons. The van der Waals surface area contributed by atoms with E-state index in [0.717, 1.165) is 35.5 Å². The van der Waals surface area contributed by atoms with Gasteiger partial charge in [0.05, 0.1) is 22.2 Å². The number of rotatable bonds is 5. The summed E-state index contributed by atoms with van der Waals surface area (Å²) < 4.78 is 41.7. The molecule has 3 N–H and O–H groups in total. The Bertz CT molecular complexity index is 580. The highest BCUT2D eigenvalue weighted by atomic mass is 32.1. The van der Waals surface area contributed by atoms with Crippen molar-refractivity contribution in [2.45, 2.75) is 32.0 Å². The second kappa shape index (κ2) is 6.50. The van der Waals surface area contributed by atoms with Crippen LogP contribution in [0.2, 0.25) is 0 Å². The van der Waals surface area contributed by atoms with Crippen LogP contribution in [0, 0.1) is 0 Å². The SMILES string of the molecule is CCCc1nnsc1C(NN)c1ccc(C(F)(F)F)cc1. The van der Waals surface area contributed by atoms with Crippen LogP contribution in [0.4, 0.5) is 13.2 Å². The lowest BCUT2D eigenvalue weighted by Gasteiger charge is -2.16. The molecule has 114 valence electrons. The van der Waals surface area contributed by atoms with Crippen LogP contribution in [0.25, 0.3) is 0 Å². The zero-order valence-electron chi connectivity index (χ0n) is 11.3. The number of benzene rings is 1. The van der Waals surface area contributed by atoms with Crippen LogP contribution in [-0.2, 0) is 12.6 Å². The van der Waals surface area contributed by atoms with Crippen molar-refractivity contribution >= 4 is 11.5 Å². The Morgan fingerprint density at radius 3 is 2.48 bits per heavy atom. The summed E-state index contributed by atoms with van der Waals surface area (Å²) in [5, 5.41) is 4.05. The zero-order chi connectivity index (χ0) is 15.5. The molecular weight excluding hydrogens is 301 g/mol. The smallest absolute Gasteiger partial charge is 0.271 e. The predicted molar refractivity (Wildman–Crippen MR) is 74.5 cm³/mol. The lowest BCUT2D eigenvalue weighted by Crippen LogP contribution is -2.29. The summed E-state index contributed by atoms with van der Waals surface area (Å²) in [6.07, 6.45) is -2.68. The maximum Gasteiger partial charge on any atom is 0.416 e. The highest BCUT2D eigenvalue weighted by Gasteiger charge is 2.30. The number of aryl methyl sites for hydroxylation is 1. The van der Waals surface area contributed by atoms with Crippen molar-refractivity contribution in [2.24, 2.45) is 5.84 Å². The number of nitrogens with two attached hydrogens (primary N) is 1. The van der Waals surface area contributed by atoms with Crippen LogP contribution in [0.5, 0.6) is 0 Å². The standard InChI is InChI=1S/C13H15F3N4S/c1-2-3-10-12(21-20-19-10)11(18-17)8-4-6-9(7-5-8)13(14,15)16/h4-7,11,18H,2-3,17H2,1H3. The van der Waals surface area contributed by atoms with Gasteiger partial charge in [0.25, 0.3) is 0 Å². The molecule has 1 aromatic carbocycles. The number of hydrogen-bond acceptors (Lipinski definition) is 5. The number of aromatic nitrogens is 2. The first-order chi connectivity index (χ1) is 9.97. The van der Waals surface area contributed by atoms with Crippen LogP contribution in [0.3, 0.4) is 0 Å². The Hall–Kier alpha value is -1.51. The lowest BCUT2D eigenvalue weighted by atomic mass is 10.0. The highest BCUT2D eigenvalue weighted by Crippen LogP contribution is 2.32. The topological polar surface area (TPSA) is 63.8 Å². The lowest BCUT2D eigenvalue weighted by molar-refractivity contribution is -0.137. The third-order valence-corrected chi connectivity index (χ3v) is 3.90. The average molecular weight is 316 g/mol. The van der Waals surface area contributed by atoms with Crippen LogP contribution in [-0.4, -0.2) is 9.59 Å². The highest BCUT2D eigenvalue weighted by molar-refractivity contribution is 7.05. The molecular formula is C13H15F3N4S. The first-order valence-electron chi connectivity index (χ1n) is 6.41. The van der Waals surface area contributed by atoms with E-state index in [1.807, 2.05) is 6.92 Å². The molecule has 0 bridgehead atoms. The number of alkyl halides is 3. The molecule has 0 aliphatic carbocycles. The molecule has 0 aliphatic heterocycles. The molecule has 0 saturated carbocycles. The number of hydrogen-bond donors (Lipinski definition) is 2. The number of nitrogens with zero attached hydrogens (tertiary/aromatic N) is 2. The van der Waals surface area contributed by atoms with Crippen molar-refractivity contribution in [1.82, 2.24) is 15.0 Å². The molecule has 1 heterocycles. The summed E-state index contributed by atoms with van der Waals surface area (Å²) in [5.74, 6) is 5.56. The van der Waals surface area contributed by atoms with E-state index in [-0.39, 0.29) is 0 Å². The van der Waals surface area contributed by atoms with Crippen LogP contribution in [0.15, 0.2) is 24.3 Å². The molecule has 1 aromatic heterocycles. The van der Waals surface area contributed by atoms with E-state index in [1.165, 1.54) is 23.7 Å². The van der Waals surface area contributed by atoms with Gasteiger partial charge in [-0.2, -0.15) is 13.2 Å². The van der Waals surface area contributed by atoms with E-state index in [0.29, 0.717) is 5.56 Å². The molecule has 1 atom stereocenters. The molecule has 2 aromatic rings. The van der Waals surface area contributed by atoms with Crippen molar-refractivity contribution in [3.63, 3.8) is 0 Å². The van der Waals surface area contributed by atoms with Crippen LogP contribution < -0.4 is 11.3 Å². The van der Waals surface area contributed by atoms with Gasteiger partial charge < -0.3 is 0 Å². The van der Waals surface area contributed by atoms with Gasteiger partial charge in [-0.05, 0) is 35.6 Å². The van der Waals surface area contributed by atoms with Crippen molar-refractivity contribution in [1.29, 1.82) is 0 Å². The second-order valence-electron chi connectivity index (χ2n) is 4.55. The number of hydrazine groups is 1. The summed E-state index contributed by atoms with van der Waals surface area (Å²) in [4.78, 5) is 0.833. The van der Waals surface area contributed by atoms with Gasteiger partial charge in [0.1, 0.15) is 0 Å². The average Bonchev–Trinajstić information content (AvgIpc) is 2.88. The molecule has 0 amide bonds. The Kier molecular flexibility index (Phi) is 4.92. The molecule has 8 heteroatoms. The fourth-order valence-electron chi connectivity index (χ4n) is 2.03. The fraction of sp³-hybridized carbons (Fsp3) is 0.385. The van der Waals surface area contributed by atoms with Gasteiger partial charge in [0.2, 0.25) is 0 Å². The van der Waals surface area contributed by atoms with Gasteiger partial charge in [-0.1, -0.05) is 30.0 Å². The summed E-state index contributed by atoms with van der Waals surface area (Å²) in [6, 6.07) is 4.53. The van der Waals surface area contributed by atoms with Gasteiger partial charge in [0, 0.05) is 0 Å². The predicted octanol–water partition coefficient (Wildman–Crippen LogP) is 3.06. The van der Waals surface area contributed by atoms with Gasteiger partial charge in [-0.15, -0.1) is 5.10 Å². The third-order valence-electron chi connectivity index (χ3n) is 3.07. The Labute approximate surface area is 124 Å². The summed E-state index contributed by atoms with van der Waals surface area (Å²) in [5.41, 5.74) is 3.42. The first kappa shape index (κ1) is 15.9. The molecule has 2 rings (SSSR count). The molecule has 0 spiro atoms. The van der Waals surface area contributed by atoms with E-state index >= 15 is 0 Å². The van der Waals surface area contributed by atoms with E-state index in [9.17, 15) is 13.2 Å². The Morgan fingerprint density at radius 2 is 1.95 bits per heavy atom. The van der Waals surface area contributed by atoms with Crippen molar-refractivity contribution < 1.29 is 13.2 Å². The van der Waals surface area contributed by atoms with Crippen molar-refractivity contribution in [3.05, 3.63) is 46.0 Å². The van der Waals surface area contributed by atoms with Gasteiger partial charge in [-0.25, -0.2) is 5.43 Å². The van der Waals surface area contributed by atoms with Gasteiger partial charge in [-0.3, -0.25) is 5.84 Å². The monoisotopic (exact) mass is 316 g/mol. The Morgan fingerprint density at radius 1 is 1.29 bits per heavy atom. The van der Waals surface area contributed by atoms with Crippen molar-refractivity contribution in [2.75, 3.05) is 0 Å². The quantitative estimate of drug-likeness (QED) is 0.657. The minimum absolute atomic E-state index is 0.408. The van der Waals surface area contributed by atoms with E-state index < -0.39 is 17.8 Å². The normalized spacial score (nSPS) is 13.4. The minimum Gasteiger partial charge on any atom is -0.271 e. The molecule has 0 aliphatic rings. The summed E-state index contributed by atoms with van der Waals surface area (Å²) in [6.45, 7) is 2.02. The number of halogens is 3. The fourth-order valence-corrected chi connectivity index (χ4v) is 2.82. The van der Waals surface area contributed by atoms with E-state index in [2.05, 4.69) is 15.0 Å². The van der Waals surface area contributed by atoms with Crippen molar-refractivity contribution in [3.8, 4) is 0 Å². The van der Waals surface area contributed by atoms with Crippen LogP contribution >= 0.6 is 11.5 Å². The molecule has 0 saturated heterocycles. The number of nitrogens with one attached hydrogen (secondary N) is 1. The van der Waals surface area contributed by atoms with E-state index in [4.69, 9.17) is 5.84 Å². The van der Waals surface area contributed by atoms with Gasteiger partial charge >= 0.3 is 6.18 Å². The first-order valence-corrected chi connectivity index (χ1v) is 7.19. The minimum atomic E-state index is -4.34. The summed E-state index contributed by atoms with van der Waals surface area (Å²) >= 11 is 1.20. The largest absolute Gasteiger partial charge is 0.416 e.